The molecule has 2 amide bonds. The summed E-state index contributed by atoms with van der Waals surface area (Å²) in [7, 11) is 1.62. The third-order valence-corrected chi connectivity index (χ3v) is 6.44. The quantitative estimate of drug-likeness (QED) is 0.670. The zero-order valence-corrected chi connectivity index (χ0v) is 17.4. The van der Waals surface area contributed by atoms with E-state index < -0.39 is 0 Å². The van der Waals surface area contributed by atoms with E-state index in [-0.39, 0.29) is 11.8 Å². The second kappa shape index (κ2) is 8.42. The van der Waals surface area contributed by atoms with E-state index in [1.807, 2.05) is 12.1 Å². The SMILES string of the molecule is COc1ccc(Cl)c2sc(N3CCN(C(=O)NCc4ccc(F)cc4)CC3)nc12. The smallest absolute Gasteiger partial charge is 0.317 e. The fourth-order valence-electron chi connectivity index (χ4n) is 3.23. The molecular formula is C20H20ClFN4O2S. The number of fused-ring (bicyclic) bond motifs is 1. The van der Waals surface area contributed by atoms with Crippen molar-refractivity contribution in [2.45, 2.75) is 6.54 Å². The van der Waals surface area contributed by atoms with Gasteiger partial charge in [-0.05, 0) is 29.8 Å². The summed E-state index contributed by atoms with van der Waals surface area (Å²) < 4.78 is 19.3. The number of nitrogens with one attached hydrogen (secondary N) is 1. The summed E-state index contributed by atoms with van der Waals surface area (Å²) in [5.74, 6) is 0.413. The summed E-state index contributed by atoms with van der Waals surface area (Å²) in [6, 6.07) is 9.62. The van der Waals surface area contributed by atoms with Gasteiger partial charge in [-0.25, -0.2) is 14.2 Å². The van der Waals surface area contributed by atoms with Gasteiger partial charge < -0.3 is 19.9 Å². The summed E-state index contributed by atoms with van der Waals surface area (Å²) in [5.41, 5.74) is 1.62. The molecule has 2 aromatic carbocycles. The number of thiazole rings is 1. The van der Waals surface area contributed by atoms with Crippen LogP contribution in [0.15, 0.2) is 36.4 Å². The van der Waals surface area contributed by atoms with E-state index in [1.54, 1.807) is 24.1 Å². The molecule has 2 heterocycles. The van der Waals surface area contributed by atoms with Gasteiger partial charge in [-0.3, -0.25) is 0 Å². The zero-order chi connectivity index (χ0) is 20.4. The van der Waals surface area contributed by atoms with Gasteiger partial charge in [0.15, 0.2) is 5.13 Å². The molecule has 1 fully saturated rings. The molecule has 1 aromatic heterocycles. The number of amides is 2. The summed E-state index contributed by atoms with van der Waals surface area (Å²) in [4.78, 5) is 21.1. The van der Waals surface area contributed by atoms with Crippen LogP contribution < -0.4 is 15.0 Å². The Hall–Kier alpha value is -2.58. The fraction of sp³-hybridized carbons (Fsp3) is 0.300. The van der Waals surface area contributed by atoms with Crippen molar-refractivity contribution in [3.8, 4) is 5.75 Å². The highest BCUT2D eigenvalue weighted by Crippen LogP contribution is 2.38. The maximum atomic E-state index is 13.0. The van der Waals surface area contributed by atoms with E-state index in [1.165, 1.54) is 23.5 Å². The average Bonchev–Trinajstić information content (AvgIpc) is 3.20. The zero-order valence-electron chi connectivity index (χ0n) is 15.8. The van der Waals surface area contributed by atoms with Gasteiger partial charge in [0.1, 0.15) is 17.1 Å². The van der Waals surface area contributed by atoms with E-state index in [0.29, 0.717) is 43.5 Å². The molecule has 0 unspecified atom stereocenters. The molecule has 1 aliphatic rings. The third kappa shape index (κ3) is 4.23. The largest absolute Gasteiger partial charge is 0.494 e. The standard InChI is InChI=1S/C20H20ClFN4O2S/c1-28-16-7-6-15(21)18-17(16)24-20(29-18)26-10-8-25(9-11-26)19(27)23-12-13-2-4-14(22)5-3-13/h2-7H,8-12H2,1H3,(H,23,27). The predicted molar refractivity (Wildman–Crippen MR) is 114 cm³/mol. The van der Waals surface area contributed by atoms with Crippen LogP contribution in [0.2, 0.25) is 5.02 Å². The Balaban J connectivity index is 1.36. The Morgan fingerprint density at radius 1 is 1.21 bits per heavy atom. The monoisotopic (exact) mass is 434 g/mol. The molecule has 0 bridgehead atoms. The molecule has 0 atom stereocenters. The van der Waals surface area contributed by atoms with Crippen molar-refractivity contribution < 1.29 is 13.9 Å². The van der Waals surface area contributed by atoms with Crippen LogP contribution in [0, 0.1) is 5.82 Å². The first-order valence-electron chi connectivity index (χ1n) is 9.20. The molecule has 0 radical (unpaired) electrons. The number of carbonyl (C=O) groups excluding carboxylic acids is 1. The maximum Gasteiger partial charge on any atom is 0.317 e. The number of aromatic nitrogens is 1. The Labute approximate surface area is 176 Å². The van der Waals surface area contributed by atoms with Crippen molar-refractivity contribution in [2.24, 2.45) is 0 Å². The Morgan fingerprint density at radius 2 is 1.93 bits per heavy atom. The molecule has 4 rings (SSSR count). The minimum absolute atomic E-state index is 0.122. The lowest BCUT2D eigenvalue weighted by Crippen LogP contribution is -2.51. The molecule has 1 saturated heterocycles. The summed E-state index contributed by atoms with van der Waals surface area (Å²) in [6.07, 6.45) is 0. The van der Waals surface area contributed by atoms with Gasteiger partial charge in [0.05, 0.1) is 16.8 Å². The Morgan fingerprint density at radius 3 is 2.62 bits per heavy atom. The van der Waals surface area contributed by atoms with Crippen LogP contribution in [-0.4, -0.2) is 49.2 Å². The highest BCUT2D eigenvalue weighted by atomic mass is 35.5. The molecule has 3 aromatic rings. The van der Waals surface area contributed by atoms with E-state index in [0.717, 1.165) is 20.9 Å². The highest BCUT2D eigenvalue weighted by molar-refractivity contribution is 7.22. The number of nitrogens with zero attached hydrogens (tertiary/aromatic N) is 3. The van der Waals surface area contributed by atoms with Gasteiger partial charge in [0.25, 0.3) is 0 Å². The van der Waals surface area contributed by atoms with Gasteiger partial charge >= 0.3 is 6.03 Å². The van der Waals surface area contributed by atoms with Crippen molar-refractivity contribution >= 4 is 44.3 Å². The van der Waals surface area contributed by atoms with E-state index in [2.05, 4.69) is 10.2 Å². The van der Waals surface area contributed by atoms with Crippen molar-refractivity contribution in [3.05, 3.63) is 52.8 Å². The first kappa shape index (κ1) is 19.7. The van der Waals surface area contributed by atoms with E-state index >= 15 is 0 Å². The number of urea groups is 1. The molecule has 0 aliphatic carbocycles. The van der Waals surface area contributed by atoms with Gasteiger partial charge in [0, 0.05) is 32.7 Å². The lowest BCUT2D eigenvalue weighted by Gasteiger charge is -2.34. The number of hydrogen-bond acceptors (Lipinski definition) is 5. The summed E-state index contributed by atoms with van der Waals surface area (Å²) in [5, 5.41) is 4.41. The molecule has 0 saturated carbocycles. The number of carbonyl (C=O) groups is 1. The second-order valence-electron chi connectivity index (χ2n) is 6.68. The first-order chi connectivity index (χ1) is 14.0. The topological polar surface area (TPSA) is 57.7 Å². The molecule has 6 nitrogen and oxygen atoms in total. The van der Waals surface area contributed by atoms with Gasteiger partial charge in [-0.2, -0.15) is 0 Å². The number of methoxy groups -OCH3 is 1. The van der Waals surface area contributed by atoms with Crippen molar-refractivity contribution in [1.29, 1.82) is 0 Å². The van der Waals surface area contributed by atoms with Gasteiger partial charge in [-0.1, -0.05) is 35.1 Å². The van der Waals surface area contributed by atoms with Crippen LogP contribution in [0.4, 0.5) is 14.3 Å². The number of piperazine rings is 1. The van der Waals surface area contributed by atoms with E-state index in [9.17, 15) is 9.18 Å². The van der Waals surface area contributed by atoms with Crippen LogP contribution in [0.25, 0.3) is 10.2 Å². The lowest BCUT2D eigenvalue weighted by atomic mass is 10.2. The second-order valence-corrected chi connectivity index (χ2v) is 8.07. The predicted octanol–water partition coefficient (Wildman–Crippen LogP) is 4.13. The van der Waals surface area contributed by atoms with Crippen molar-refractivity contribution in [1.82, 2.24) is 15.2 Å². The summed E-state index contributed by atoms with van der Waals surface area (Å²) in [6.45, 7) is 2.93. The lowest BCUT2D eigenvalue weighted by molar-refractivity contribution is 0.194. The number of ether oxygens (including phenoxy) is 1. The first-order valence-corrected chi connectivity index (χ1v) is 10.4. The fourth-order valence-corrected chi connectivity index (χ4v) is 4.54. The minimum Gasteiger partial charge on any atom is -0.494 e. The van der Waals surface area contributed by atoms with Crippen molar-refractivity contribution in [3.63, 3.8) is 0 Å². The van der Waals surface area contributed by atoms with Gasteiger partial charge in [-0.15, -0.1) is 0 Å². The number of benzene rings is 2. The maximum absolute atomic E-state index is 13.0. The molecule has 0 spiro atoms. The Bertz CT molecular complexity index is 1020. The summed E-state index contributed by atoms with van der Waals surface area (Å²) >= 11 is 7.84. The molecule has 9 heteroatoms. The number of halogens is 2. The van der Waals surface area contributed by atoms with Crippen molar-refractivity contribution in [2.75, 3.05) is 38.2 Å². The third-order valence-electron chi connectivity index (χ3n) is 4.86. The number of rotatable bonds is 4. The van der Waals surface area contributed by atoms with Gasteiger partial charge in [0.2, 0.25) is 0 Å². The molecular weight excluding hydrogens is 415 g/mol. The molecule has 152 valence electrons. The van der Waals surface area contributed by atoms with E-state index in [4.69, 9.17) is 21.3 Å². The van der Waals surface area contributed by atoms with Crippen LogP contribution in [0.3, 0.4) is 0 Å². The average molecular weight is 435 g/mol. The van der Waals surface area contributed by atoms with Crippen LogP contribution in [0.1, 0.15) is 5.56 Å². The van der Waals surface area contributed by atoms with Crippen LogP contribution in [0.5, 0.6) is 5.75 Å². The highest BCUT2D eigenvalue weighted by Gasteiger charge is 2.24. The Kier molecular flexibility index (Phi) is 5.73. The number of hydrogen-bond donors (Lipinski definition) is 1. The molecule has 29 heavy (non-hydrogen) atoms. The normalized spacial score (nSPS) is 14.3. The molecule has 1 N–H and O–H groups in total. The van der Waals surface area contributed by atoms with Crippen LogP contribution in [-0.2, 0) is 6.54 Å². The molecule has 1 aliphatic heterocycles. The number of anilines is 1. The van der Waals surface area contributed by atoms with Crippen LogP contribution >= 0.6 is 22.9 Å². The minimum atomic E-state index is -0.287.